The molecule has 1 aliphatic rings. The number of nitrogens with zero attached hydrogens (tertiary/aromatic N) is 1. The Bertz CT molecular complexity index is 340. The maximum Gasteiger partial charge on any atom is 0.310 e. The van der Waals surface area contributed by atoms with Gasteiger partial charge in [-0.2, -0.15) is 0 Å². The van der Waals surface area contributed by atoms with Crippen molar-refractivity contribution < 1.29 is 14.7 Å². The molecule has 4 nitrogen and oxygen atoms in total. The molecule has 19 heavy (non-hydrogen) atoms. The highest BCUT2D eigenvalue weighted by Crippen LogP contribution is 2.32. The SMILES string of the molecule is CC1CCCN(C(=O)CC(C)(C(=O)O)C(C)C)CC1. The molecule has 0 aliphatic carbocycles. The van der Waals surface area contributed by atoms with Gasteiger partial charge in [-0.15, -0.1) is 0 Å². The summed E-state index contributed by atoms with van der Waals surface area (Å²) in [5.74, 6) is -0.277. The minimum absolute atomic E-state index is 0.00676. The summed E-state index contributed by atoms with van der Waals surface area (Å²) in [6.07, 6.45) is 3.31. The molecule has 1 amide bonds. The van der Waals surface area contributed by atoms with Crippen molar-refractivity contribution in [3.05, 3.63) is 0 Å². The van der Waals surface area contributed by atoms with Crippen molar-refractivity contribution in [3.8, 4) is 0 Å². The third kappa shape index (κ3) is 3.95. The Morgan fingerprint density at radius 3 is 2.47 bits per heavy atom. The second-order valence-electron chi connectivity index (χ2n) is 6.47. The van der Waals surface area contributed by atoms with Gasteiger partial charge in [-0.1, -0.05) is 20.8 Å². The van der Waals surface area contributed by atoms with E-state index in [9.17, 15) is 14.7 Å². The minimum atomic E-state index is -0.963. The van der Waals surface area contributed by atoms with Crippen LogP contribution in [0.5, 0.6) is 0 Å². The number of amides is 1. The van der Waals surface area contributed by atoms with Crippen molar-refractivity contribution in [2.24, 2.45) is 17.3 Å². The molecule has 1 aliphatic heterocycles. The zero-order valence-corrected chi connectivity index (χ0v) is 12.6. The molecule has 1 heterocycles. The lowest BCUT2D eigenvalue weighted by Crippen LogP contribution is -2.41. The molecule has 0 aromatic carbocycles. The maximum atomic E-state index is 12.3. The monoisotopic (exact) mass is 269 g/mol. The molecule has 0 aromatic rings. The minimum Gasteiger partial charge on any atom is -0.481 e. The Hall–Kier alpha value is -1.06. The zero-order chi connectivity index (χ0) is 14.6. The molecule has 110 valence electrons. The van der Waals surface area contributed by atoms with Crippen molar-refractivity contribution in [2.45, 2.75) is 53.4 Å². The number of carboxylic acid groups (broad SMARTS) is 1. The summed E-state index contributed by atoms with van der Waals surface area (Å²) >= 11 is 0. The number of carboxylic acids is 1. The molecule has 1 saturated heterocycles. The van der Waals surface area contributed by atoms with E-state index >= 15 is 0 Å². The standard InChI is InChI=1S/C15H27NO3/c1-11(2)15(4,14(18)19)10-13(17)16-8-5-6-12(3)7-9-16/h11-12H,5-10H2,1-4H3,(H,18,19). The van der Waals surface area contributed by atoms with Crippen LogP contribution in [0.25, 0.3) is 0 Å². The Morgan fingerprint density at radius 1 is 1.32 bits per heavy atom. The lowest BCUT2D eigenvalue weighted by molar-refractivity contribution is -0.155. The molecular weight excluding hydrogens is 242 g/mol. The summed E-state index contributed by atoms with van der Waals surface area (Å²) < 4.78 is 0. The predicted molar refractivity (Wildman–Crippen MR) is 74.8 cm³/mol. The number of aliphatic carboxylic acids is 1. The van der Waals surface area contributed by atoms with Gasteiger partial charge in [-0.3, -0.25) is 9.59 Å². The van der Waals surface area contributed by atoms with E-state index in [0.29, 0.717) is 5.92 Å². The smallest absolute Gasteiger partial charge is 0.310 e. The Morgan fingerprint density at radius 2 is 1.95 bits per heavy atom. The number of likely N-dealkylation sites (tertiary alicyclic amines) is 1. The van der Waals surface area contributed by atoms with Gasteiger partial charge in [0.25, 0.3) is 0 Å². The molecule has 1 rings (SSSR count). The van der Waals surface area contributed by atoms with E-state index in [1.165, 1.54) is 0 Å². The van der Waals surface area contributed by atoms with Gasteiger partial charge < -0.3 is 10.0 Å². The second-order valence-corrected chi connectivity index (χ2v) is 6.47. The molecule has 0 bridgehead atoms. The van der Waals surface area contributed by atoms with Gasteiger partial charge in [-0.05, 0) is 38.0 Å². The summed E-state index contributed by atoms with van der Waals surface area (Å²) in [5, 5.41) is 9.38. The van der Waals surface area contributed by atoms with E-state index in [0.717, 1.165) is 32.4 Å². The van der Waals surface area contributed by atoms with E-state index in [1.807, 2.05) is 18.7 Å². The van der Waals surface area contributed by atoms with Gasteiger partial charge in [0.05, 0.1) is 5.41 Å². The third-order valence-electron chi connectivity index (χ3n) is 4.65. The molecule has 1 N–H and O–H groups in total. The number of carbonyl (C=O) groups is 2. The third-order valence-corrected chi connectivity index (χ3v) is 4.65. The van der Waals surface area contributed by atoms with Gasteiger partial charge >= 0.3 is 5.97 Å². The van der Waals surface area contributed by atoms with Crippen LogP contribution in [0, 0.1) is 17.3 Å². The van der Waals surface area contributed by atoms with Gasteiger partial charge in [0, 0.05) is 19.5 Å². The van der Waals surface area contributed by atoms with Crippen LogP contribution < -0.4 is 0 Å². The zero-order valence-electron chi connectivity index (χ0n) is 12.6. The highest BCUT2D eigenvalue weighted by molar-refractivity contribution is 5.85. The summed E-state index contributed by atoms with van der Waals surface area (Å²) in [7, 11) is 0. The number of carbonyl (C=O) groups excluding carboxylic acids is 1. The molecule has 0 radical (unpaired) electrons. The van der Waals surface area contributed by atoms with E-state index in [2.05, 4.69) is 6.92 Å². The number of rotatable bonds is 4. The molecule has 0 spiro atoms. The van der Waals surface area contributed by atoms with Gasteiger partial charge in [0.1, 0.15) is 0 Å². The van der Waals surface area contributed by atoms with Crippen molar-refractivity contribution in [3.63, 3.8) is 0 Å². The van der Waals surface area contributed by atoms with Crippen LogP contribution in [0.4, 0.5) is 0 Å². The Kier molecular flexibility index (Phi) is 5.39. The Labute approximate surface area is 116 Å². The molecule has 0 saturated carbocycles. The molecule has 4 heteroatoms. The molecule has 2 atom stereocenters. The molecule has 2 unspecified atom stereocenters. The fraction of sp³-hybridized carbons (Fsp3) is 0.867. The first-order chi connectivity index (χ1) is 8.77. The number of hydrogen-bond acceptors (Lipinski definition) is 2. The maximum absolute atomic E-state index is 12.3. The summed E-state index contributed by atoms with van der Waals surface area (Å²) in [6, 6.07) is 0. The van der Waals surface area contributed by atoms with Crippen LogP contribution in [-0.4, -0.2) is 35.0 Å². The summed E-state index contributed by atoms with van der Waals surface area (Å²) in [5.41, 5.74) is -0.963. The fourth-order valence-corrected chi connectivity index (χ4v) is 2.47. The van der Waals surface area contributed by atoms with Gasteiger partial charge in [0.15, 0.2) is 0 Å². The van der Waals surface area contributed by atoms with Crippen molar-refractivity contribution in [1.29, 1.82) is 0 Å². The van der Waals surface area contributed by atoms with Crippen LogP contribution in [0.2, 0.25) is 0 Å². The highest BCUT2D eigenvalue weighted by Gasteiger charge is 2.40. The van der Waals surface area contributed by atoms with Crippen LogP contribution in [-0.2, 0) is 9.59 Å². The first-order valence-corrected chi connectivity index (χ1v) is 7.28. The van der Waals surface area contributed by atoms with Crippen molar-refractivity contribution in [2.75, 3.05) is 13.1 Å². The average molecular weight is 269 g/mol. The van der Waals surface area contributed by atoms with Crippen LogP contribution >= 0.6 is 0 Å². The summed E-state index contributed by atoms with van der Waals surface area (Å²) in [6.45, 7) is 9.17. The molecule has 0 aromatic heterocycles. The largest absolute Gasteiger partial charge is 0.481 e. The lowest BCUT2D eigenvalue weighted by atomic mass is 9.76. The van der Waals surface area contributed by atoms with Crippen molar-refractivity contribution >= 4 is 11.9 Å². The Balaban J connectivity index is 2.69. The lowest BCUT2D eigenvalue weighted by Gasteiger charge is -2.31. The highest BCUT2D eigenvalue weighted by atomic mass is 16.4. The van der Waals surface area contributed by atoms with Crippen LogP contribution in [0.15, 0.2) is 0 Å². The first kappa shape index (κ1) is 16.0. The van der Waals surface area contributed by atoms with Crippen LogP contribution in [0.1, 0.15) is 53.4 Å². The second kappa shape index (κ2) is 6.40. The van der Waals surface area contributed by atoms with E-state index < -0.39 is 11.4 Å². The fourth-order valence-electron chi connectivity index (χ4n) is 2.47. The van der Waals surface area contributed by atoms with Crippen LogP contribution in [0.3, 0.4) is 0 Å². The number of hydrogen-bond donors (Lipinski definition) is 1. The molecular formula is C15H27NO3. The first-order valence-electron chi connectivity index (χ1n) is 7.28. The van der Waals surface area contributed by atoms with Crippen molar-refractivity contribution in [1.82, 2.24) is 4.90 Å². The normalized spacial score (nSPS) is 23.8. The predicted octanol–water partition coefficient (Wildman–Crippen LogP) is 2.77. The molecule has 1 fully saturated rings. The van der Waals surface area contributed by atoms with E-state index in [4.69, 9.17) is 0 Å². The van der Waals surface area contributed by atoms with E-state index in [1.54, 1.807) is 6.92 Å². The quantitative estimate of drug-likeness (QED) is 0.853. The topological polar surface area (TPSA) is 57.6 Å². The average Bonchev–Trinajstić information content (AvgIpc) is 2.53. The van der Waals surface area contributed by atoms with Gasteiger partial charge in [0.2, 0.25) is 5.91 Å². The van der Waals surface area contributed by atoms with Gasteiger partial charge in [-0.25, -0.2) is 0 Å². The summed E-state index contributed by atoms with van der Waals surface area (Å²) in [4.78, 5) is 25.6. The van der Waals surface area contributed by atoms with E-state index in [-0.39, 0.29) is 18.2 Å².